The number of halogens is 3. The number of piperazine rings is 1. The van der Waals surface area contributed by atoms with Crippen molar-refractivity contribution >= 4 is 29.2 Å². The van der Waals surface area contributed by atoms with Gasteiger partial charge in [0.2, 0.25) is 0 Å². The zero-order chi connectivity index (χ0) is 19.8. The summed E-state index contributed by atoms with van der Waals surface area (Å²) >= 11 is 5.15. The number of alkyl halides is 3. The van der Waals surface area contributed by atoms with Gasteiger partial charge in [0.15, 0.2) is 11.3 Å². The van der Waals surface area contributed by atoms with Gasteiger partial charge in [-0.05, 0) is 31.5 Å². The Morgan fingerprint density at radius 3 is 2.44 bits per heavy atom. The molecule has 2 aromatic rings. The van der Waals surface area contributed by atoms with Gasteiger partial charge in [-0.3, -0.25) is 4.79 Å². The van der Waals surface area contributed by atoms with Crippen molar-refractivity contribution in [2.45, 2.75) is 19.2 Å². The van der Waals surface area contributed by atoms with Gasteiger partial charge >= 0.3 is 11.5 Å². The lowest BCUT2D eigenvalue weighted by molar-refractivity contribution is 0.0564. The number of aryl methyl sites for hydroxylation is 1. The Morgan fingerprint density at radius 2 is 1.85 bits per heavy atom. The lowest BCUT2D eigenvalue weighted by Gasteiger charge is -2.33. The van der Waals surface area contributed by atoms with Crippen LogP contribution in [0.4, 0.5) is 13.6 Å². The fraction of sp³-hybridized carbons (Fsp3) is 0.500. The minimum atomic E-state index is -3.65. The van der Waals surface area contributed by atoms with Gasteiger partial charge in [0.25, 0.3) is 5.91 Å². The third kappa shape index (κ3) is 3.95. The summed E-state index contributed by atoms with van der Waals surface area (Å²) in [6, 6.07) is 2.47. The van der Waals surface area contributed by atoms with Crippen molar-refractivity contribution < 1.29 is 23.1 Å². The highest BCUT2D eigenvalue weighted by atomic mass is 35.5. The fourth-order valence-corrected chi connectivity index (χ4v) is 3.01. The molecule has 2 amide bonds. The number of fused-ring (bicyclic) bond motifs is 1. The number of aromatic nitrogens is 3. The van der Waals surface area contributed by atoms with Crippen molar-refractivity contribution in [3.05, 3.63) is 29.2 Å². The molecule has 2 aromatic heterocycles. The molecule has 0 N–H and O–H groups in total. The SMILES string of the molecule is CCOC(=O)N1CCN(C(=O)c2cc3nc(C)cc(C(F)(F)Cl)n3n2)CC1. The molecule has 0 atom stereocenters. The van der Waals surface area contributed by atoms with Crippen molar-refractivity contribution in [2.24, 2.45) is 0 Å². The van der Waals surface area contributed by atoms with Crippen LogP contribution in [-0.4, -0.2) is 69.2 Å². The summed E-state index contributed by atoms with van der Waals surface area (Å²) in [6.45, 7) is 4.76. The smallest absolute Gasteiger partial charge is 0.409 e. The largest absolute Gasteiger partial charge is 0.450 e. The lowest BCUT2D eigenvalue weighted by atomic mass is 10.3. The summed E-state index contributed by atoms with van der Waals surface area (Å²) < 4.78 is 33.1. The molecule has 0 aromatic carbocycles. The standard InChI is InChI=1S/C16H18ClF2N5O3/c1-3-27-15(26)23-6-4-22(5-7-23)14(25)11-9-13-20-10(2)8-12(16(17,18)19)24(13)21-11/h8-9H,3-7H2,1-2H3. The summed E-state index contributed by atoms with van der Waals surface area (Å²) in [4.78, 5) is 31.5. The fourth-order valence-electron chi connectivity index (χ4n) is 2.88. The highest BCUT2D eigenvalue weighted by Crippen LogP contribution is 2.32. The summed E-state index contributed by atoms with van der Waals surface area (Å²) in [6.07, 6.45) is -0.425. The average Bonchev–Trinajstić information content (AvgIpc) is 3.03. The van der Waals surface area contributed by atoms with Crippen LogP contribution in [0.2, 0.25) is 0 Å². The Morgan fingerprint density at radius 1 is 1.22 bits per heavy atom. The Hall–Kier alpha value is -2.49. The highest BCUT2D eigenvalue weighted by molar-refractivity contribution is 6.21. The molecular weight excluding hydrogens is 384 g/mol. The van der Waals surface area contributed by atoms with Crippen LogP contribution in [0, 0.1) is 6.92 Å². The van der Waals surface area contributed by atoms with E-state index in [1.807, 2.05) is 0 Å². The molecule has 1 aliphatic rings. The predicted molar refractivity (Wildman–Crippen MR) is 92.0 cm³/mol. The first-order valence-corrected chi connectivity index (χ1v) is 8.74. The molecule has 1 aliphatic heterocycles. The highest BCUT2D eigenvalue weighted by Gasteiger charge is 2.33. The van der Waals surface area contributed by atoms with Crippen molar-refractivity contribution in [2.75, 3.05) is 32.8 Å². The molecule has 0 aliphatic carbocycles. The zero-order valence-corrected chi connectivity index (χ0v) is 15.5. The van der Waals surface area contributed by atoms with E-state index in [9.17, 15) is 18.4 Å². The Bertz CT molecular complexity index is 875. The first kappa shape index (κ1) is 19.3. The topological polar surface area (TPSA) is 80.0 Å². The molecular formula is C16H18ClF2N5O3. The Labute approximate surface area is 158 Å². The Balaban J connectivity index is 1.80. The number of ether oxygens (including phenoxy) is 1. The van der Waals surface area contributed by atoms with E-state index >= 15 is 0 Å². The van der Waals surface area contributed by atoms with Gasteiger partial charge in [-0.2, -0.15) is 13.9 Å². The van der Waals surface area contributed by atoms with E-state index in [4.69, 9.17) is 16.3 Å². The number of carbonyl (C=O) groups excluding carboxylic acids is 2. The average molecular weight is 402 g/mol. The second kappa shape index (κ2) is 7.26. The maximum atomic E-state index is 13.6. The van der Waals surface area contributed by atoms with Crippen LogP contribution in [0.25, 0.3) is 5.65 Å². The van der Waals surface area contributed by atoms with Crippen LogP contribution < -0.4 is 0 Å². The van der Waals surface area contributed by atoms with Gasteiger partial charge in [0.1, 0.15) is 5.69 Å². The quantitative estimate of drug-likeness (QED) is 0.737. The molecule has 27 heavy (non-hydrogen) atoms. The molecule has 8 nitrogen and oxygen atoms in total. The molecule has 3 heterocycles. The molecule has 11 heteroatoms. The van der Waals surface area contributed by atoms with Crippen LogP contribution in [0.3, 0.4) is 0 Å². The third-order valence-corrected chi connectivity index (χ3v) is 4.35. The number of carbonyl (C=O) groups is 2. The van der Waals surface area contributed by atoms with Crippen molar-refractivity contribution in [1.29, 1.82) is 0 Å². The molecule has 0 unspecified atom stereocenters. The maximum Gasteiger partial charge on any atom is 0.409 e. The third-order valence-electron chi connectivity index (χ3n) is 4.16. The van der Waals surface area contributed by atoms with Crippen molar-refractivity contribution in [3.63, 3.8) is 0 Å². The normalized spacial score (nSPS) is 15.3. The summed E-state index contributed by atoms with van der Waals surface area (Å²) in [5.74, 6) is -0.425. The zero-order valence-electron chi connectivity index (χ0n) is 14.8. The number of amides is 2. The van der Waals surface area contributed by atoms with E-state index in [2.05, 4.69) is 10.1 Å². The van der Waals surface area contributed by atoms with Gasteiger partial charge in [-0.25, -0.2) is 14.3 Å². The van der Waals surface area contributed by atoms with Gasteiger partial charge in [-0.1, -0.05) is 0 Å². The summed E-state index contributed by atoms with van der Waals surface area (Å²) in [7, 11) is 0. The number of rotatable bonds is 3. The van der Waals surface area contributed by atoms with Crippen molar-refractivity contribution in [1.82, 2.24) is 24.4 Å². The first-order valence-electron chi connectivity index (χ1n) is 8.36. The van der Waals surface area contributed by atoms with E-state index in [0.29, 0.717) is 18.8 Å². The van der Waals surface area contributed by atoms with E-state index < -0.39 is 23.1 Å². The van der Waals surface area contributed by atoms with Crippen molar-refractivity contribution in [3.8, 4) is 0 Å². The van der Waals surface area contributed by atoms with Gasteiger partial charge in [-0.15, -0.1) is 0 Å². The molecule has 0 bridgehead atoms. The molecule has 146 valence electrons. The first-order chi connectivity index (χ1) is 12.7. The van der Waals surface area contributed by atoms with E-state index in [0.717, 1.165) is 10.6 Å². The minimum Gasteiger partial charge on any atom is -0.450 e. The molecule has 0 radical (unpaired) electrons. The second-order valence-corrected chi connectivity index (χ2v) is 6.53. The maximum absolute atomic E-state index is 13.6. The molecule has 3 rings (SSSR count). The molecule has 1 saturated heterocycles. The number of hydrogen-bond donors (Lipinski definition) is 0. The van der Waals surface area contributed by atoms with Crippen LogP contribution >= 0.6 is 11.6 Å². The summed E-state index contributed by atoms with van der Waals surface area (Å²) in [5, 5.41) is 0.323. The summed E-state index contributed by atoms with van der Waals surface area (Å²) in [5.41, 5.74) is -0.128. The van der Waals surface area contributed by atoms with Crippen LogP contribution in [-0.2, 0) is 10.1 Å². The molecule has 0 saturated carbocycles. The predicted octanol–water partition coefficient (Wildman–Crippen LogP) is 2.24. The van der Waals surface area contributed by atoms with E-state index in [1.165, 1.54) is 15.9 Å². The second-order valence-electron chi connectivity index (χ2n) is 6.06. The van der Waals surface area contributed by atoms with E-state index in [1.54, 1.807) is 13.8 Å². The van der Waals surface area contributed by atoms with Gasteiger partial charge in [0.05, 0.1) is 6.61 Å². The number of nitrogens with zero attached hydrogens (tertiary/aromatic N) is 5. The van der Waals surface area contributed by atoms with Gasteiger partial charge < -0.3 is 14.5 Å². The Kier molecular flexibility index (Phi) is 5.18. The molecule has 0 spiro atoms. The lowest BCUT2D eigenvalue weighted by Crippen LogP contribution is -2.50. The van der Waals surface area contributed by atoms with Gasteiger partial charge in [0, 0.05) is 37.9 Å². The monoisotopic (exact) mass is 401 g/mol. The van der Waals surface area contributed by atoms with E-state index in [-0.39, 0.29) is 31.0 Å². The van der Waals surface area contributed by atoms with Crippen LogP contribution in [0.1, 0.15) is 28.8 Å². The molecule has 1 fully saturated rings. The number of hydrogen-bond acceptors (Lipinski definition) is 5. The van der Waals surface area contributed by atoms with Crippen LogP contribution in [0.5, 0.6) is 0 Å². The minimum absolute atomic E-state index is 0.0140. The van der Waals surface area contributed by atoms with Crippen LogP contribution in [0.15, 0.2) is 12.1 Å².